The molecule has 0 unspecified atom stereocenters. The van der Waals surface area contributed by atoms with E-state index in [9.17, 15) is 20.1 Å². The van der Waals surface area contributed by atoms with Gasteiger partial charge in [0.15, 0.2) is 28.7 Å². The maximum atomic E-state index is 13.0. The van der Waals surface area contributed by atoms with E-state index < -0.39 is 11.5 Å². The van der Waals surface area contributed by atoms with Crippen molar-refractivity contribution in [1.82, 2.24) is 0 Å². The molecule has 0 bridgehead atoms. The summed E-state index contributed by atoms with van der Waals surface area (Å²) in [6.07, 6.45) is 5.52. The summed E-state index contributed by atoms with van der Waals surface area (Å²) in [6, 6.07) is 15.7. The zero-order valence-electron chi connectivity index (χ0n) is 19.4. The molecule has 36 heavy (non-hydrogen) atoms. The number of methoxy groups -OCH3 is 2. The number of allylic oxidation sites excluding steroid dienone is 2. The Labute approximate surface area is 212 Å². The molecule has 184 valence electrons. The minimum absolute atomic E-state index is 0.0296. The molecule has 0 atom stereocenters. The fraction of sp³-hybridized carbons (Fsp3) is 0.0741. The molecule has 9 heteroatoms. The van der Waals surface area contributed by atoms with Crippen molar-refractivity contribution in [1.29, 1.82) is 0 Å². The molecule has 0 spiro atoms. The van der Waals surface area contributed by atoms with Gasteiger partial charge in [-0.05, 0) is 71.8 Å². The Morgan fingerprint density at radius 3 is 1.89 bits per heavy atom. The van der Waals surface area contributed by atoms with Crippen molar-refractivity contribution < 1.29 is 29.6 Å². The molecule has 3 N–H and O–H groups in total. The van der Waals surface area contributed by atoms with Gasteiger partial charge in [-0.3, -0.25) is 4.79 Å². The van der Waals surface area contributed by atoms with Crippen molar-refractivity contribution in [2.24, 2.45) is 10.2 Å². The van der Waals surface area contributed by atoms with Gasteiger partial charge < -0.3 is 24.8 Å². The van der Waals surface area contributed by atoms with E-state index in [1.165, 1.54) is 50.7 Å². The zero-order valence-corrected chi connectivity index (χ0v) is 20.2. The van der Waals surface area contributed by atoms with E-state index in [-0.39, 0.29) is 28.7 Å². The highest BCUT2D eigenvalue weighted by Gasteiger charge is 2.12. The quantitative estimate of drug-likeness (QED) is 0.130. The molecule has 0 saturated carbocycles. The first-order valence-corrected chi connectivity index (χ1v) is 10.9. The van der Waals surface area contributed by atoms with Crippen molar-refractivity contribution >= 4 is 35.2 Å². The third kappa shape index (κ3) is 6.97. The Kier molecular flexibility index (Phi) is 8.85. The Morgan fingerprint density at radius 1 is 0.833 bits per heavy atom. The number of ketones is 1. The average molecular weight is 507 g/mol. The van der Waals surface area contributed by atoms with Crippen molar-refractivity contribution in [3.8, 4) is 23.0 Å². The summed E-state index contributed by atoms with van der Waals surface area (Å²) in [5, 5.41) is 38.7. The van der Waals surface area contributed by atoms with Crippen LogP contribution in [-0.4, -0.2) is 35.3 Å². The molecule has 3 aromatic rings. The largest absolute Gasteiger partial charge is 0.505 e. The number of phenolic OH excluding ortho intramolecular Hbond substituents is 2. The van der Waals surface area contributed by atoms with Gasteiger partial charge in [-0.2, -0.15) is 5.11 Å². The Hall–Kier alpha value is -4.56. The van der Waals surface area contributed by atoms with Gasteiger partial charge in [-0.15, -0.1) is 5.11 Å². The van der Waals surface area contributed by atoms with Crippen LogP contribution in [0.5, 0.6) is 23.0 Å². The van der Waals surface area contributed by atoms with Crippen LogP contribution in [0, 0.1) is 0 Å². The van der Waals surface area contributed by atoms with Gasteiger partial charge in [0.2, 0.25) is 5.78 Å². The van der Waals surface area contributed by atoms with Gasteiger partial charge >= 0.3 is 0 Å². The fourth-order valence-electron chi connectivity index (χ4n) is 2.94. The number of ether oxygens (including phenoxy) is 2. The Morgan fingerprint density at radius 2 is 1.36 bits per heavy atom. The lowest BCUT2D eigenvalue weighted by molar-refractivity contribution is -0.111. The van der Waals surface area contributed by atoms with Crippen LogP contribution in [0.3, 0.4) is 0 Å². The molecule has 0 amide bonds. The summed E-state index contributed by atoms with van der Waals surface area (Å²) in [6.45, 7) is 0. The summed E-state index contributed by atoms with van der Waals surface area (Å²) in [5.74, 6) is -0.614. The number of benzene rings is 3. The smallest absolute Gasteiger partial charge is 0.209 e. The van der Waals surface area contributed by atoms with E-state index >= 15 is 0 Å². The van der Waals surface area contributed by atoms with Crippen molar-refractivity contribution in [3.63, 3.8) is 0 Å². The number of hydrogen-bond donors (Lipinski definition) is 3. The fourth-order valence-corrected chi connectivity index (χ4v) is 3.07. The van der Waals surface area contributed by atoms with E-state index in [1.54, 1.807) is 48.5 Å². The van der Waals surface area contributed by atoms with E-state index in [0.29, 0.717) is 21.8 Å². The standard InChI is InChI=1S/C27H23ClN2O6/c1-35-25-15-17(3-11-21(25)31)5-13-23(33)27(30-29-20-9-7-19(28)8-10-20)24(34)14-6-18-4-12-22(32)26(16-18)36-2/h3-16,31-33H,1-2H3/b13-5?,14-6?,27-23-,30-29?. The third-order valence-corrected chi connectivity index (χ3v) is 5.09. The Bertz CT molecular complexity index is 1360. The van der Waals surface area contributed by atoms with Crippen molar-refractivity contribution in [2.45, 2.75) is 0 Å². The lowest BCUT2D eigenvalue weighted by Gasteiger charge is -2.04. The lowest BCUT2D eigenvalue weighted by atomic mass is 10.1. The number of aromatic hydroxyl groups is 2. The van der Waals surface area contributed by atoms with Crippen LogP contribution in [0.15, 0.2) is 94.5 Å². The van der Waals surface area contributed by atoms with E-state index in [1.807, 2.05) is 0 Å². The predicted octanol–water partition coefficient (Wildman–Crippen LogP) is 6.62. The number of azo groups is 1. The third-order valence-electron chi connectivity index (χ3n) is 4.84. The van der Waals surface area contributed by atoms with Crippen LogP contribution in [0.2, 0.25) is 5.02 Å². The van der Waals surface area contributed by atoms with Gasteiger partial charge in [0, 0.05) is 5.02 Å². The SMILES string of the molecule is COc1cc(C=CC(=O)/C(N=Nc2ccc(Cl)cc2)=C(/O)C=Cc2ccc(O)c(OC)c2)ccc1O. The molecule has 0 aromatic heterocycles. The molecule has 0 radical (unpaired) electrons. The second-order valence-corrected chi connectivity index (χ2v) is 7.74. The minimum Gasteiger partial charge on any atom is -0.505 e. The molecule has 0 aliphatic rings. The zero-order chi connectivity index (χ0) is 26.1. The minimum atomic E-state index is -0.620. The van der Waals surface area contributed by atoms with Crippen LogP contribution < -0.4 is 9.47 Å². The number of carbonyl (C=O) groups excluding carboxylic acids is 1. The number of aliphatic hydroxyl groups excluding tert-OH is 1. The van der Waals surface area contributed by atoms with Gasteiger partial charge in [-0.25, -0.2) is 0 Å². The Balaban J connectivity index is 1.94. The first-order valence-electron chi connectivity index (χ1n) is 10.6. The van der Waals surface area contributed by atoms with E-state index in [2.05, 4.69) is 10.2 Å². The second kappa shape index (κ2) is 12.2. The normalized spacial score (nSPS) is 12.3. The van der Waals surface area contributed by atoms with Crippen molar-refractivity contribution in [2.75, 3.05) is 14.2 Å². The number of rotatable bonds is 9. The number of nitrogens with zero attached hydrogens (tertiary/aromatic N) is 2. The highest BCUT2D eigenvalue weighted by molar-refractivity contribution is 6.30. The molecule has 3 rings (SSSR count). The van der Waals surface area contributed by atoms with Crippen LogP contribution in [-0.2, 0) is 4.79 Å². The van der Waals surface area contributed by atoms with E-state index in [0.717, 1.165) is 0 Å². The summed E-state index contributed by atoms with van der Waals surface area (Å²) in [7, 11) is 2.84. The van der Waals surface area contributed by atoms with Crippen molar-refractivity contribution in [3.05, 3.63) is 100 Å². The van der Waals surface area contributed by atoms with Gasteiger partial charge in [0.05, 0.1) is 19.9 Å². The second-order valence-electron chi connectivity index (χ2n) is 7.30. The first-order chi connectivity index (χ1) is 17.3. The summed E-state index contributed by atoms with van der Waals surface area (Å²) in [4.78, 5) is 13.0. The van der Waals surface area contributed by atoms with Gasteiger partial charge in [0.25, 0.3) is 0 Å². The summed E-state index contributed by atoms with van der Waals surface area (Å²) in [5.41, 5.74) is 1.30. The summed E-state index contributed by atoms with van der Waals surface area (Å²) < 4.78 is 10.2. The van der Waals surface area contributed by atoms with Crippen LogP contribution in [0.1, 0.15) is 11.1 Å². The topological polar surface area (TPSA) is 121 Å². The molecular formula is C27H23ClN2O6. The lowest BCUT2D eigenvalue weighted by Crippen LogP contribution is -1.99. The van der Waals surface area contributed by atoms with Crippen LogP contribution in [0.25, 0.3) is 12.2 Å². The number of carbonyl (C=O) groups is 1. The maximum absolute atomic E-state index is 13.0. The molecule has 0 aliphatic carbocycles. The average Bonchev–Trinajstić information content (AvgIpc) is 2.88. The molecule has 0 heterocycles. The van der Waals surface area contributed by atoms with Gasteiger partial charge in [-0.1, -0.05) is 35.9 Å². The molecule has 8 nitrogen and oxygen atoms in total. The van der Waals surface area contributed by atoms with Gasteiger partial charge in [0.1, 0.15) is 5.76 Å². The molecule has 0 fully saturated rings. The summed E-state index contributed by atoms with van der Waals surface area (Å²) >= 11 is 5.89. The van der Waals surface area contributed by atoms with Crippen LogP contribution in [0.4, 0.5) is 5.69 Å². The monoisotopic (exact) mass is 506 g/mol. The number of phenols is 2. The number of halogens is 1. The van der Waals surface area contributed by atoms with E-state index in [4.69, 9.17) is 21.1 Å². The highest BCUT2D eigenvalue weighted by atomic mass is 35.5. The predicted molar refractivity (Wildman–Crippen MR) is 138 cm³/mol. The molecule has 0 saturated heterocycles. The number of aliphatic hydroxyl groups is 1. The maximum Gasteiger partial charge on any atom is 0.209 e. The highest BCUT2D eigenvalue weighted by Crippen LogP contribution is 2.28. The molecule has 3 aromatic carbocycles. The number of hydrogen-bond acceptors (Lipinski definition) is 8. The van der Waals surface area contributed by atoms with Crippen LogP contribution >= 0.6 is 11.6 Å². The molecular weight excluding hydrogens is 484 g/mol. The molecule has 0 aliphatic heterocycles. The first kappa shape index (κ1) is 26.1.